The van der Waals surface area contributed by atoms with Gasteiger partial charge in [0.1, 0.15) is 12.2 Å². The molecule has 1 saturated heterocycles. The van der Waals surface area contributed by atoms with Gasteiger partial charge in [0.15, 0.2) is 6.29 Å². The summed E-state index contributed by atoms with van der Waals surface area (Å²) in [6.45, 7) is 4.44. The van der Waals surface area contributed by atoms with E-state index in [-0.39, 0.29) is 30.7 Å². The van der Waals surface area contributed by atoms with E-state index in [2.05, 4.69) is 0 Å². The lowest BCUT2D eigenvalue weighted by Gasteiger charge is -2.40. The highest BCUT2D eigenvalue weighted by molar-refractivity contribution is 4.83. The van der Waals surface area contributed by atoms with Gasteiger partial charge in [-0.3, -0.25) is 0 Å². The van der Waals surface area contributed by atoms with E-state index in [1.165, 1.54) is 0 Å². The van der Waals surface area contributed by atoms with Crippen molar-refractivity contribution in [2.45, 2.75) is 51.0 Å². The van der Waals surface area contributed by atoms with Crippen LogP contribution in [0.25, 0.3) is 0 Å². The van der Waals surface area contributed by atoms with E-state index in [1.807, 2.05) is 13.8 Å². The molecule has 17 heavy (non-hydrogen) atoms. The van der Waals surface area contributed by atoms with Gasteiger partial charge in [0.25, 0.3) is 0 Å². The van der Waals surface area contributed by atoms with E-state index in [0.29, 0.717) is 6.61 Å². The van der Waals surface area contributed by atoms with Crippen LogP contribution < -0.4 is 0 Å². The molecule has 1 fully saturated rings. The SMILES string of the molecule is COC[C@H]1O[C@H](OC(C)C)[C@H](OC)C[C@@H]1OC. The van der Waals surface area contributed by atoms with E-state index >= 15 is 0 Å². The van der Waals surface area contributed by atoms with E-state index in [0.717, 1.165) is 6.42 Å². The zero-order valence-corrected chi connectivity index (χ0v) is 11.3. The summed E-state index contributed by atoms with van der Waals surface area (Å²) in [6.07, 6.45) is 0.257. The smallest absolute Gasteiger partial charge is 0.184 e. The summed E-state index contributed by atoms with van der Waals surface area (Å²) in [6, 6.07) is 0. The Bertz CT molecular complexity index is 209. The van der Waals surface area contributed by atoms with Crippen molar-refractivity contribution in [3.05, 3.63) is 0 Å². The Kier molecular flexibility index (Phi) is 6.37. The number of hydrogen-bond donors (Lipinski definition) is 0. The molecule has 1 aliphatic heterocycles. The Labute approximate surface area is 103 Å². The first-order valence-electron chi connectivity index (χ1n) is 5.97. The summed E-state index contributed by atoms with van der Waals surface area (Å²) in [5.74, 6) is 0. The lowest BCUT2D eigenvalue weighted by molar-refractivity contribution is -0.287. The van der Waals surface area contributed by atoms with E-state index < -0.39 is 0 Å². The molecule has 5 nitrogen and oxygen atoms in total. The van der Waals surface area contributed by atoms with E-state index in [9.17, 15) is 0 Å². The molecule has 0 saturated carbocycles. The van der Waals surface area contributed by atoms with Gasteiger partial charge in [0, 0.05) is 27.8 Å². The van der Waals surface area contributed by atoms with Gasteiger partial charge in [0.05, 0.1) is 18.8 Å². The lowest BCUT2D eigenvalue weighted by atomic mass is 10.0. The second-order valence-corrected chi connectivity index (χ2v) is 4.47. The minimum absolute atomic E-state index is 0.0214. The second kappa shape index (κ2) is 7.28. The van der Waals surface area contributed by atoms with E-state index in [1.54, 1.807) is 21.3 Å². The maximum atomic E-state index is 5.85. The summed E-state index contributed by atoms with van der Waals surface area (Å²) < 4.78 is 27.5. The van der Waals surface area contributed by atoms with Crippen molar-refractivity contribution in [3.8, 4) is 0 Å². The van der Waals surface area contributed by atoms with Crippen LogP contribution in [0.4, 0.5) is 0 Å². The van der Waals surface area contributed by atoms with Crippen LogP contribution in [0.3, 0.4) is 0 Å². The average Bonchev–Trinajstić information content (AvgIpc) is 2.29. The minimum atomic E-state index is -0.355. The van der Waals surface area contributed by atoms with Gasteiger partial charge >= 0.3 is 0 Å². The van der Waals surface area contributed by atoms with Gasteiger partial charge in [-0.15, -0.1) is 0 Å². The summed E-state index contributed by atoms with van der Waals surface area (Å²) in [5.41, 5.74) is 0. The standard InChI is InChI=1S/C12H24O5/c1-8(2)16-12-10(15-5)6-9(14-4)11(17-12)7-13-3/h8-12H,6-7H2,1-5H3/t9-,10+,11+,12-/m0/s1. The number of hydrogen-bond acceptors (Lipinski definition) is 5. The molecule has 102 valence electrons. The molecule has 0 bridgehead atoms. The molecule has 0 aliphatic carbocycles. The molecule has 0 radical (unpaired) electrons. The van der Waals surface area contributed by atoms with Crippen molar-refractivity contribution in [2.75, 3.05) is 27.9 Å². The average molecular weight is 248 g/mol. The van der Waals surface area contributed by atoms with Gasteiger partial charge in [-0.25, -0.2) is 0 Å². The van der Waals surface area contributed by atoms with Gasteiger partial charge in [-0.2, -0.15) is 0 Å². The van der Waals surface area contributed by atoms with Gasteiger partial charge < -0.3 is 23.7 Å². The summed E-state index contributed by atoms with van der Waals surface area (Å²) in [4.78, 5) is 0. The van der Waals surface area contributed by atoms with Gasteiger partial charge in [0.2, 0.25) is 0 Å². The van der Waals surface area contributed by atoms with Crippen LogP contribution in [-0.2, 0) is 23.7 Å². The largest absolute Gasteiger partial charge is 0.382 e. The zero-order chi connectivity index (χ0) is 12.8. The Morgan fingerprint density at radius 2 is 1.76 bits per heavy atom. The predicted molar refractivity (Wildman–Crippen MR) is 63.0 cm³/mol. The summed E-state index contributed by atoms with van der Waals surface area (Å²) in [5, 5.41) is 0. The first-order valence-corrected chi connectivity index (χ1v) is 5.97. The van der Waals surface area contributed by atoms with Crippen molar-refractivity contribution in [2.24, 2.45) is 0 Å². The molecule has 0 spiro atoms. The Morgan fingerprint density at radius 3 is 2.24 bits per heavy atom. The van der Waals surface area contributed by atoms with Crippen LogP contribution in [0.1, 0.15) is 20.3 Å². The fourth-order valence-electron chi connectivity index (χ4n) is 1.99. The molecule has 1 heterocycles. The Morgan fingerprint density at radius 1 is 1.12 bits per heavy atom. The number of rotatable bonds is 6. The fourth-order valence-corrected chi connectivity index (χ4v) is 1.99. The monoisotopic (exact) mass is 248 g/mol. The molecule has 4 atom stereocenters. The maximum Gasteiger partial charge on any atom is 0.184 e. The lowest BCUT2D eigenvalue weighted by Crippen LogP contribution is -2.51. The molecule has 0 aromatic rings. The van der Waals surface area contributed by atoms with Crippen LogP contribution in [0.15, 0.2) is 0 Å². The third kappa shape index (κ3) is 4.19. The number of methoxy groups -OCH3 is 3. The van der Waals surface area contributed by atoms with Crippen LogP contribution >= 0.6 is 0 Å². The molecule has 0 N–H and O–H groups in total. The molecule has 0 aromatic heterocycles. The van der Waals surface area contributed by atoms with Crippen LogP contribution in [0, 0.1) is 0 Å². The van der Waals surface area contributed by atoms with E-state index in [4.69, 9.17) is 23.7 Å². The van der Waals surface area contributed by atoms with Crippen molar-refractivity contribution in [1.29, 1.82) is 0 Å². The molecule has 0 amide bonds. The van der Waals surface area contributed by atoms with Crippen molar-refractivity contribution in [3.63, 3.8) is 0 Å². The molecular formula is C12H24O5. The highest BCUT2D eigenvalue weighted by Gasteiger charge is 2.39. The predicted octanol–water partition coefficient (Wildman–Crippen LogP) is 1.20. The summed E-state index contributed by atoms with van der Waals surface area (Å²) >= 11 is 0. The van der Waals surface area contributed by atoms with Crippen LogP contribution in [0.5, 0.6) is 0 Å². The normalized spacial score (nSPS) is 34.2. The molecule has 0 aromatic carbocycles. The van der Waals surface area contributed by atoms with Crippen LogP contribution in [-0.4, -0.2) is 58.6 Å². The van der Waals surface area contributed by atoms with Crippen molar-refractivity contribution < 1.29 is 23.7 Å². The second-order valence-electron chi connectivity index (χ2n) is 4.47. The molecular weight excluding hydrogens is 224 g/mol. The van der Waals surface area contributed by atoms with Gasteiger partial charge in [-0.1, -0.05) is 0 Å². The van der Waals surface area contributed by atoms with Gasteiger partial charge in [-0.05, 0) is 13.8 Å². The van der Waals surface area contributed by atoms with Crippen LogP contribution in [0.2, 0.25) is 0 Å². The first kappa shape index (κ1) is 14.9. The van der Waals surface area contributed by atoms with Crippen molar-refractivity contribution in [1.82, 2.24) is 0 Å². The Balaban J connectivity index is 2.63. The first-order chi connectivity index (χ1) is 8.12. The Hall–Kier alpha value is -0.200. The van der Waals surface area contributed by atoms with Crippen molar-refractivity contribution >= 4 is 0 Å². The topological polar surface area (TPSA) is 46.2 Å². The molecule has 1 aliphatic rings. The summed E-state index contributed by atoms with van der Waals surface area (Å²) in [7, 11) is 4.98. The minimum Gasteiger partial charge on any atom is -0.382 e. The quantitative estimate of drug-likeness (QED) is 0.707. The molecule has 0 unspecified atom stereocenters. The highest BCUT2D eigenvalue weighted by Crippen LogP contribution is 2.26. The highest BCUT2D eigenvalue weighted by atomic mass is 16.7. The maximum absolute atomic E-state index is 5.85. The fraction of sp³-hybridized carbons (Fsp3) is 1.00. The molecule has 5 heteroatoms. The molecule has 1 rings (SSSR count). The third-order valence-corrected chi connectivity index (χ3v) is 2.83. The third-order valence-electron chi connectivity index (χ3n) is 2.83. The number of ether oxygens (including phenoxy) is 5. The zero-order valence-electron chi connectivity index (χ0n) is 11.3.